The molecule has 1 saturated carbocycles. The molecule has 0 aliphatic heterocycles. The minimum atomic E-state index is -0.958. The fourth-order valence-corrected chi connectivity index (χ4v) is 7.75. The Balaban J connectivity index is 1.57. The van der Waals surface area contributed by atoms with Crippen molar-refractivity contribution in [2.75, 3.05) is 0 Å². The van der Waals surface area contributed by atoms with Gasteiger partial charge in [0.05, 0.1) is 5.92 Å². The molecule has 5 nitrogen and oxygen atoms in total. The van der Waals surface area contributed by atoms with Gasteiger partial charge in [-0.25, -0.2) is 0 Å². The highest BCUT2D eigenvalue weighted by molar-refractivity contribution is 9.10. The molecule has 4 aromatic rings. The number of carbonyl (C=O) groups excluding carboxylic acids is 3. The summed E-state index contributed by atoms with van der Waals surface area (Å²) in [5, 5.41) is 1.81. The zero-order valence-corrected chi connectivity index (χ0v) is 26.8. The van der Waals surface area contributed by atoms with Gasteiger partial charge in [-0.15, -0.1) is 0 Å². The van der Waals surface area contributed by atoms with Crippen molar-refractivity contribution in [1.82, 2.24) is 4.98 Å². The standard InChI is InChI=1S/C38H32BrNO4/c1-20(41)44-29-15-22-18-40-19-27(22)31-25(29)16-28-33(31)32-26(17-37(28,2)3)34(38(4,5)23-9-7-6-8-10-23)36(43)30(35(32)42)21-11-13-24(39)14-12-21/h6-19,30,34,40H,1-5H3. The molecule has 1 N–H and O–H groups in total. The molecule has 0 saturated heterocycles. The Hall–Kier alpha value is -4.29. The first-order valence-corrected chi connectivity index (χ1v) is 15.6. The normalized spacial score (nSPS) is 20.6. The summed E-state index contributed by atoms with van der Waals surface area (Å²) in [5.41, 5.74) is 5.37. The van der Waals surface area contributed by atoms with Gasteiger partial charge in [0.2, 0.25) is 0 Å². The minimum Gasteiger partial charge on any atom is -0.426 e. The van der Waals surface area contributed by atoms with Crippen LogP contribution < -0.4 is 4.74 Å². The van der Waals surface area contributed by atoms with Crippen LogP contribution in [-0.4, -0.2) is 22.5 Å². The van der Waals surface area contributed by atoms with Crippen molar-refractivity contribution < 1.29 is 19.1 Å². The zero-order valence-electron chi connectivity index (χ0n) is 25.2. The highest BCUT2D eigenvalue weighted by atomic mass is 79.9. The van der Waals surface area contributed by atoms with E-state index in [9.17, 15) is 14.4 Å². The van der Waals surface area contributed by atoms with Crippen LogP contribution in [0.2, 0.25) is 0 Å². The summed E-state index contributed by atoms with van der Waals surface area (Å²) in [6.07, 6.45) is 7.99. The van der Waals surface area contributed by atoms with Crippen molar-refractivity contribution in [2.24, 2.45) is 11.3 Å². The molecule has 0 bridgehead atoms. The lowest BCUT2D eigenvalue weighted by Crippen LogP contribution is -2.47. The molecular weight excluding hydrogens is 614 g/mol. The third-order valence-electron chi connectivity index (χ3n) is 9.51. The van der Waals surface area contributed by atoms with E-state index in [1.54, 1.807) is 0 Å². The van der Waals surface area contributed by atoms with E-state index in [1.165, 1.54) is 6.92 Å². The molecule has 3 aliphatic rings. The molecule has 1 aromatic heterocycles. The van der Waals surface area contributed by atoms with E-state index in [4.69, 9.17) is 4.74 Å². The summed E-state index contributed by atoms with van der Waals surface area (Å²) in [7, 11) is 0. The van der Waals surface area contributed by atoms with Crippen LogP contribution in [0.5, 0.6) is 5.75 Å². The highest BCUT2D eigenvalue weighted by Crippen LogP contribution is 2.60. The average Bonchev–Trinajstić information content (AvgIpc) is 3.60. The fourth-order valence-electron chi connectivity index (χ4n) is 7.49. The van der Waals surface area contributed by atoms with E-state index in [0.717, 1.165) is 48.7 Å². The molecule has 2 unspecified atom stereocenters. The first-order chi connectivity index (χ1) is 20.9. The smallest absolute Gasteiger partial charge is 0.308 e. The summed E-state index contributed by atoms with van der Waals surface area (Å²) in [4.78, 5) is 45.1. The molecule has 2 atom stereocenters. The predicted molar refractivity (Wildman–Crippen MR) is 176 cm³/mol. The number of aromatic amines is 1. The van der Waals surface area contributed by atoms with Gasteiger partial charge in [-0.05, 0) is 52.1 Å². The molecule has 1 fully saturated rings. The van der Waals surface area contributed by atoms with Crippen molar-refractivity contribution in [3.63, 3.8) is 0 Å². The number of rotatable bonds is 4. The number of esters is 1. The number of Topliss-reactive ketones (excluding diaryl/α,β-unsaturated/α-hetero) is 2. The second kappa shape index (κ2) is 9.86. The van der Waals surface area contributed by atoms with Crippen molar-refractivity contribution in [3.05, 3.63) is 123 Å². The number of nitrogens with one attached hydrogen (secondary N) is 1. The lowest BCUT2D eigenvalue weighted by atomic mass is 9.55. The minimum absolute atomic E-state index is 0.0938. The fraction of sp³-hybridized carbons (Fsp3) is 0.237. The van der Waals surface area contributed by atoms with Crippen molar-refractivity contribution in [3.8, 4) is 5.75 Å². The van der Waals surface area contributed by atoms with Gasteiger partial charge in [-0.3, -0.25) is 14.4 Å². The number of halogens is 1. The van der Waals surface area contributed by atoms with E-state index < -0.39 is 28.6 Å². The summed E-state index contributed by atoms with van der Waals surface area (Å²) in [6, 6.07) is 19.4. The van der Waals surface area contributed by atoms with Crippen molar-refractivity contribution >= 4 is 55.9 Å². The summed E-state index contributed by atoms with van der Waals surface area (Å²) in [6.45, 7) is 9.84. The topological polar surface area (TPSA) is 76.2 Å². The SMILES string of the molecule is CC(=O)Oc1cc2c[nH]cc2c2c1C=C1C2=C2C(=O)C(c3ccc(Br)cc3)C(=O)C(C(C)(C)c3ccccc3)C2=CC1(C)C. The molecule has 6 heteroatoms. The Bertz CT molecular complexity index is 2000. The molecule has 0 spiro atoms. The van der Waals surface area contributed by atoms with E-state index in [2.05, 4.69) is 72.9 Å². The van der Waals surface area contributed by atoms with Gasteiger partial charge in [0.15, 0.2) is 11.6 Å². The molecule has 0 amide bonds. The number of allylic oxidation sites excluding steroid dienone is 5. The second-order valence-corrected chi connectivity index (χ2v) is 14.0. The van der Waals surface area contributed by atoms with E-state index in [-0.39, 0.29) is 11.6 Å². The van der Waals surface area contributed by atoms with Gasteiger partial charge < -0.3 is 9.72 Å². The highest BCUT2D eigenvalue weighted by Gasteiger charge is 2.54. The lowest BCUT2D eigenvalue weighted by Gasteiger charge is -2.45. The van der Waals surface area contributed by atoms with Gasteiger partial charge in [0.1, 0.15) is 11.7 Å². The Kier molecular flexibility index (Phi) is 6.38. The Morgan fingerprint density at radius 2 is 1.68 bits per heavy atom. The third-order valence-corrected chi connectivity index (χ3v) is 10.0. The summed E-state index contributed by atoms with van der Waals surface area (Å²) < 4.78 is 6.62. The number of H-pyrrole nitrogens is 1. The number of carbonyl (C=O) groups is 3. The number of hydrogen-bond acceptors (Lipinski definition) is 4. The number of hydrogen-bond donors (Lipinski definition) is 1. The van der Waals surface area contributed by atoms with Crippen LogP contribution in [0.4, 0.5) is 0 Å². The molecule has 220 valence electrons. The zero-order chi connectivity index (χ0) is 31.1. The number of benzene rings is 3. The largest absolute Gasteiger partial charge is 0.426 e. The summed E-state index contributed by atoms with van der Waals surface area (Å²) in [5.74, 6) is -1.79. The van der Waals surface area contributed by atoms with E-state index >= 15 is 0 Å². The van der Waals surface area contributed by atoms with Crippen LogP contribution in [0, 0.1) is 11.3 Å². The summed E-state index contributed by atoms with van der Waals surface area (Å²) >= 11 is 3.50. The Morgan fingerprint density at radius 3 is 2.36 bits per heavy atom. The van der Waals surface area contributed by atoms with Gasteiger partial charge in [-0.1, -0.05) is 92.2 Å². The Labute approximate surface area is 264 Å². The molecule has 3 aliphatic carbocycles. The molecular formula is C38H32BrNO4. The molecule has 1 heterocycles. The maximum Gasteiger partial charge on any atom is 0.308 e. The number of ketones is 2. The van der Waals surface area contributed by atoms with Crippen molar-refractivity contribution in [2.45, 2.75) is 46.0 Å². The lowest BCUT2D eigenvalue weighted by molar-refractivity contribution is -0.133. The molecule has 0 radical (unpaired) electrons. The first-order valence-electron chi connectivity index (χ1n) is 14.8. The van der Waals surface area contributed by atoms with E-state index in [1.807, 2.05) is 60.9 Å². The Morgan fingerprint density at radius 1 is 0.977 bits per heavy atom. The van der Waals surface area contributed by atoms with Gasteiger partial charge >= 0.3 is 5.97 Å². The van der Waals surface area contributed by atoms with Gasteiger partial charge in [0, 0.05) is 62.1 Å². The van der Waals surface area contributed by atoms with Gasteiger partial charge in [-0.2, -0.15) is 0 Å². The third kappa shape index (κ3) is 4.15. The van der Waals surface area contributed by atoms with E-state index in [0.29, 0.717) is 16.9 Å². The maximum absolute atomic E-state index is 14.9. The van der Waals surface area contributed by atoms with Crippen LogP contribution in [0.1, 0.15) is 62.8 Å². The maximum atomic E-state index is 14.9. The van der Waals surface area contributed by atoms with Gasteiger partial charge in [0.25, 0.3) is 0 Å². The van der Waals surface area contributed by atoms with Crippen molar-refractivity contribution in [1.29, 1.82) is 0 Å². The molecule has 44 heavy (non-hydrogen) atoms. The molecule has 3 aromatic carbocycles. The van der Waals surface area contributed by atoms with Crippen LogP contribution in [0.25, 0.3) is 22.4 Å². The first kappa shape index (κ1) is 28.5. The second-order valence-electron chi connectivity index (χ2n) is 13.1. The number of aromatic nitrogens is 1. The van der Waals surface area contributed by atoms with Crippen LogP contribution >= 0.6 is 15.9 Å². The quantitative estimate of drug-likeness (QED) is 0.137. The number of ether oxygens (including phenoxy) is 1. The molecule has 7 rings (SSSR count). The predicted octanol–water partition coefficient (Wildman–Crippen LogP) is 8.50. The van der Waals surface area contributed by atoms with Crippen LogP contribution in [0.3, 0.4) is 0 Å². The van der Waals surface area contributed by atoms with Crippen LogP contribution in [0.15, 0.2) is 100 Å². The number of fused-ring (bicyclic) bond motifs is 6. The average molecular weight is 647 g/mol. The monoisotopic (exact) mass is 645 g/mol. The van der Waals surface area contributed by atoms with Crippen LogP contribution in [-0.2, 0) is 19.8 Å².